The molecule has 2 aromatic carbocycles. The second kappa shape index (κ2) is 9.86. The van der Waals surface area contributed by atoms with E-state index in [1.807, 2.05) is 37.3 Å². The maximum absolute atomic E-state index is 13.5. The third-order valence-electron chi connectivity index (χ3n) is 6.88. The molecule has 180 valence electrons. The van der Waals surface area contributed by atoms with Crippen LogP contribution in [0, 0.1) is 6.92 Å². The Balaban J connectivity index is 1.33. The van der Waals surface area contributed by atoms with Crippen LogP contribution in [0.2, 0.25) is 0 Å². The van der Waals surface area contributed by atoms with Crippen LogP contribution in [-0.4, -0.2) is 66.8 Å². The van der Waals surface area contributed by atoms with Crippen LogP contribution in [0.3, 0.4) is 0 Å². The number of hydrogen-bond donors (Lipinski definition) is 0. The minimum absolute atomic E-state index is 0.0192. The number of ether oxygens (including phenoxy) is 3. The molecule has 3 aliphatic heterocycles. The molecule has 2 aromatic rings. The predicted molar refractivity (Wildman–Crippen MR) is 130 cm³/mol. The van der Waals surface area contributed by atoms with Crippen LogP contribution in [0.15, 0.2) is 53.6 Å². The van der Waals surface area contributed by atoms with Gasteiger partial charge in [0, 0.05) is 32.4 Å². The number of benzene rings is 2. The molecule has 0 radical (unpaired) electrons. The van der Waals surface area contributed by atoms with Gasteiger partial charge < -0.3 is 14.2 Å². The highest BCUT2D eigenvalue weighted by atomic mass is 16.7. The highest BCUT2D eigenvalue weighted by molar-refractivity contribution is 6.03. The minimum atomic E-state index is -0.436. The van der Waals surface area contributed by atoms with Crippen molar-refractivity contribution in [2.75, 3.05) is 39.5 Å². The molecule has 1 amide bonds. The highest BCUT2D eigenvalue weighted by Gasteiger charge is 2.41. The van der Waals surface area contributed by atoms with Crippen molar-refractivity contribution in [1.29, 1.82) is 0 Å². The van der Waals surface area contributed by atoms with Crippen LogP contribution in [0.1, 0.15) is 48.9 Å². The van der Waals surface area contributed by atoms with Crippen molar-refractivity contribution < 1.29 is 19.0 Å². The molecule has 5 rings (SSSR count). The molecule has 0 aliphatic carbocycles. The van der Waals surface area contributed by atoms with E-state index in [0.717, 1.165) is 48.5 Å². The van der Waals surface area contributed by atoms with E-state index in [0.29, 0.717) is 32.8 Å². The number of carbonyl (C=O) groups excluding carboxylic acids is 1. The van der Waals surface area contributed by atoms with Crippen LogP contribution in [0.4, 0.5) is 0 Å². The summed E-state index contributed by atoms with van der Waals surface area (Å²) in [5.41, 5.74) is 4.26. The van der Waals surface area contributed by atoms with Crippen molar-refractivity contribution in [3.63, 3.8) is 0 Å². The third kappa shape index (κ3) is 4.87. The first-order valence-electron chi connectivity index (χ1n) is 12.2. The summed E-state index contributed by atoms with van der Waals surface area (Å²) in [5, 5.41) is 6.54. The molecule has 1 unspecified atom stereocenters. The molecule has 0 saturated carbocycles. The number of likely N-dealkylation sites (tertiary alicyclic amines) is 1. The van der Waals surface area contributed by atoms with Gasteiger partial charge in [0.05, 0.1) is 38.1 Å². The lowest BCUT2D eigenvalue weighted by atomic mass is 9.97. The van der Waals surface area contributed by atoms with Crippen LogP contribution in [-0.2, 0) is 14.3 Å². The number of piperidine rings is 1. The molecule has 7 heteroatoms. The quantitative estimate of drug-likeness (QED) is 0.650. The van der Waals surface area contributed by atoms with Gasteiger partial charge in [-0.3, -0.25) is 9.69 Å². The van der Waals surface area contributed by atoms with E-state index in [-0.39, 0.29) is 11.9 Å². The van der Waals surface area contributed by atoms with Gasteiger partial charge in [0.25, 0.3) is 5.91 Å². The fourth-order valence-electron chi connectivity index (χ4n) is 5.05. The van der Waals surface area contributed by atoms with Gasteiger partial charge in [-0.15, -0.1) is 0 Å². The first-order chi connectivity index (χ1) is 16.5. The van der Waals surface area contributed by atoms with Gasteiger partial charge in [0.1, 0.15) is 5.75 Å². The van der Waals surface area contributed by atoms with E-state index in [1.165, 1.54) is 5.56 Å². The Morgan fingerprint density at radius 3 is 2.53 bits per heavy atom. The van der Waals surface area contributed by atoms with Gasteiger partial charge in [-0.05, 0) is 37.1 Å². The molecule has 1 spiro atoms. The molecule has 2 saturated heterocycles. The van der Waals surface area contributed by atoms with Crippen LogP contribution in [0.5, 0.6) is 5.75 Å². The Morgan fingerprint density at radius 1 is 1.12 bits per heavy atom. The van der Waals surface area contributed by atoms with E-state index < -0.39 is 5.79 Å². The van der Waals surface area contributed by atoms with Crippen molar-refractivity contribution in [3.8, 4) is 5.75 Å². The summed E-state index contributed by atoms with van der Waals surface area (Å²) >= 11 is 0. The summed E-state index contributed by atoms with van der Waals surface area (Å²) in [6, 6.07) is 16.2. The van der Waals surface area contributed by atoms with E-state index >= 15 is 0 Å². The average Bonchev–Trinajstić information content (AvgIpc) is 3.50. The first kappa shape index (κ1) is 23.0. The Bertz CT molecular complexity index is 1040. The molecule has 1 atom stereocenters. The zero-order chi connectivity index (χ0) is 23.5. The van der Waals surface area contributed by atoms with E-state index in [2.05, 4.69) is 30.0 Å². The Hall–Kier alpha value is -2.74. The standard InChI is InChI=1S/C27H33N3O4/c1-3-32-23-9-7-21(8-10-23)25-18-24(22-6-4-5-20(2)17-22)28-30(25)26(31)19-29-13-11-27(12-14-29)33-15-16-34-27/h4-10,17,25H,3,11-16,18-19H2,1-2H3. The fourth-order valence-corrected chi connectivity index (χ4v) is 5.05. The molecule has 3 aliphatic rings. The van der Waals surface area contributed by atoms with Gasteiger partial charge in [-0.25, -0.2) is 5.01 Å². The fraction of sp³-hybridized carbons (Fsp3) is 0.481. The van der Waals surface area contributed by atoms with Gasteiger partial charge in [-0.2, -0.15) is 5.10 Å². The summed E-state index contributed by atoms with van der Waals surface area (Å²) in [6.07, 6.45) is 2.27. The Labute approximate surface area is 201 Å². The van der Waals surface area contributed by atoms with Gasteiger partial charge in [-0.1, -0.05) is 42.0 Å². The highest BCUT2D eigenvalue weighted by Crippen LogP contribution is 2.35. The maximum Gasteiger partial charge on any atom is 0.257 e. The van der Waals surface area contributed by atoms with Gasteiger partial charge >= 0.3 is 0 Å². The molecule has 3 heterocycles. The van der Waals surface area contributed by atoms with Crippen molar-refractivity contribution in [2.24, 2.45) is 5.10 Å². The maximum atomic E-state index is 13.5. The minimum Gasteiger partial charge on any atom is -0.494 e. The number of nitrogens with zero attached hydrogens (tertiary/aromatic N) is 3. The SMILES string of the molecule is CCOc1ccc(C2CC(c3cccc(C)c3)=NN2C(=O)CN2CCC3(CC2)OCCO3)cc1. The van der Waals surface area contributed by atoms with E-state index in [1.54, 1.807) is 5.01 Å². The predicted octanol–water partition coefficient (Wildman–Crippen LogP) is 3.91. The zero-order valence-corrected chi connectivity index (χ0v) is 20.0. The third-order valence-corrected chi connectivity index (χ3v) is 6.88. The Morgan fingerprint density at radius 2 is 1.85 bits per heavy atom. The summed E-state index contributed by atoms with van der Waals surface area (Å²) in [5.74, 6) is 0.417. The normalized spacial score (nSPS) is 22.2. The summed E-state index contributed by atoms with van der Waals surface area (Å²) < 4.78 is 17.3. The smallest absolute Gasteiger partial charge is 0.257 e. The van der Waals surface area contributed by atoms with Crippen LogP contribution >= 0.6 is 0 Å². The van der Waals surface area contributed by atoms with Crippen LogP contribution < -0.4 is 4.74 Å². The lowest BCUT2D eigenvalue weighted by Crippen LogP contribution is -2.48. The number of carbonyl (C=O) groups is 1. The van der Waals surface area contributed by atoms with Crippen molar-refractivity contribution in [2.45, 2.75) is 44.9 Å². The summed E-state index contributed by atoms with van der Waals surface area (Å²) in [4.78, 5) is 15.7. The number of amides is 1. The lowest BCUT2D eigenvalue weighted by Gasteiger charge is -2.37. The number of hydrazone groups is 1. The number of hydrogen-bond acceptors (Lipinski definition) is 6. The van der Waals surface area contributed by atoms with Gasteiger partial charge in [0.2, 0.25) is 0 Å². The monoisotopic (exact) mass is 463 g/mol. The molecule has 0 bridgehead atoms. The zero-order valence-electron chi connectivity index (χ0n) is 20.0. The van der Waals surface area contributed by atoms with E-state index in [9.17, 15) is 4.79 Å². The largest absolute Gasteiger partial charge is 0.494 e. The molecular formula is C27H33N3O4. The average molecular weight is 464 g/mol. The molecular weight excluding hydrogens is 430 g/mol. The second-order valence-corrected chi connectivity index (χ2v) is 9.26. The molecule has 0 N–H and O–H groups in total. The van der Waals surface area contributed by atoms with Gasteiger partial charge in [0.15, 0.2) is 5.79 Å². The molecule has 2 fully saturated rings. The van der Waals surface area contributed by atoms with Crippen molar-refractivity contribution >= 4 is 11.6 Å². The topological polar surface area (TPSA) is 63.6 Å². The lowest BCUT2D eigenvalue weighted by molar-refractivity contribution is -0.186. The van der Waals surface area contributed by atoms with Crippen molar-refractivity contribution in [1.82, 2.24) is 9.91 Å². The van der Waals surface area contributed by atoms with Crippen LogP contribution in [0.25, 0.3) is 0 Å². The number of aryl methyl sites for hydroxylation is 1. The van der Waals surface area contributed by atoms with E-state index in [4.69, 9.17) is 19.3 Å². The summed E-state index contributed by atoms with van der Waals surface area (Å²) in [6.45, 7) is 7.90. The molecule has 0 aromatic heterocycles. The summed E-state index contributed by atoms with van der Waals surface area (Å²) in [7, 11) is 0. The Kier molecular flexibility index (Phi) is 6.68. The first-order valence-corrected chi connectivity index (χ1v) is 12.2. The second-order valence-electron chi connectivity index (χ2n) is 9.26. The molecule has 34 heavy (non-hydrogen) atoms. The molecule has 7 nitrogen and oxygen atoms in total. The number of rotatable bonds is 6. The van der Waals surface area contributed by atoms with Crippen molar-refractivity contribution in [3.05, 3.63) is 65.2 Å².